The molecule has 21 heavy (non-hydrogen) atoms. The van der Waals surface area contributed by atoms with Crippen molar-refractivity contribution in [3.8, 4) is 0 Å². The first-order valence-electron chi connectivity index (χ1n) is 7.15. The standard InChI is InChI=1S/C14H21N5OS/c1-8-7-20-5-4-19(8)6-11-16-13(18-15)12-9(2)10(3)21-14(12)17-11/h8H,4-7,15H2,1-3H3,(H,16,17,18). The van der Waals surface area contributed by atoms with Crippen LogP contribution in [0.3, 0.4) is 0 Å². The molecule has 1 unspecified atom stereocenters. The number of ether oxygens (including phenoxy) is 1. The molecular weight excluding hydrogens is 286 g/mol. The van der Waals surface area contributed by atoms with Crippen LogP contribution in [0.5, 0.6) is 0 Å². The number of morpholine rings is 1. The van der Waals surface area contributed by atoms with E-state index in [0.29, 0.717) is 6.04 Å². The minimum Gasteiger partial charge on any atom is -0.379 e. The van der Waals surface area contributed by atoms with Gasteiger partial charge in [0.25, 0.3) is 0 Å². The number of thiophene rings is 1. The van der Waals surface area contributed by atoms with Crippen LogP contribution >= 0.6 is 11.3 Å². The number of nitrogens with one attached hydrogen (secondary N) is 1. The summed E-state index contributed by atoms with van der Waals surface area (Å²) in [4.78, 5) is 13.9. The van der Waals surface area contributed by atoms with E-state index in [1.165, 1.54) is 10.4 Å². The third-order valence-corrected chi connectivity index (χ3v) is 5.16. The SMILES string of the molecule is Cc1sc2nc(CN3CCOCC3C)nc(NN)c2c1C. The van der Waals surface area contributed by atoms with Crippen LogP contribution < -0.4 is 11.3 Å². The van der Waals surface area contributed by atoms with Gasteiger partial charge in [-0.25, -0.2) is 15.8 Å². The molecule has 0 bridgehead atoms. The highest BCUT2D eigenvalue weighted by Crippen LogP contribution is 2.33. The molecule has 7 heteroatoms. The summed E-state index contributed by atoms with van der Waals surface area (Å²) < 4.78 is 5.47. The van der Waals surface area contributed by atoms with E-state index in [1.54, 1.807) is 11.3 Å². The number of hydrogen-bond donors (Lipinski definition) is 2. The van der Waals surface area contributed by atoms with Gasteiger partial charge >= 0.3 is 0 Å². The van der Waals surface area contributed by atoms with Gasteiger partial charge in [-0.2, -0.15) is 0 Å². The van der Waals surface area contributed by atoms with Crippen molar-refractivity contribution < 1.29 is 4.74 Å². The number of aryl methyl sites for hydroxylation is 2. The fourth-order valence-corrected chi connectivity index (χ4v) is 3.70. The molecule has 2 aromatic heterocycles. The second kappa shape index (κ2) is 5.84. The molecule has 3 N–H and O–H groups in total. The summed E-state index contributed by atoms with van der Waals surface area (Å²) in [5.41, 5.74) is 3.93. The minimum atomic E-state index is 0.388. The number of nitrogen functional groups attached to an aromatic ring is 1. The van der Waals surface area contributed by atoms with E-state index < -0.39 is 0 Å². The van der Waals surface area contributed by atoms with E-state index in [-0.39, 0.29) is 0 Å². The van der Waals surface area contributed by atoms with E-state index >= 15 is 0 Å². The number of anilines is 1. The van der Waals surface area contributed by atoms with Crippen LogP contribution in [0.15, 0.2) is 0 Å². The van der Waals surface area contributed by atoms with E-state index in [9.17, 15) is 0 Å². The van der Waals surface area contributed by atoms with Crippen LogP contribution in [0.2, 0.25) is 0 Å². The zero-order valence-electron chi connectivity index (χ0n) is 12.6. The van der Waals surface area contributed by atoms with E-state index in [1.807, 2.05) is 0 Å². The van der Waals surface area contributed by atoms with Crippen molar-refractivity contribution in [3.63, 3.8) is 0 Å². The molecule has 0 radical (unpaired) electrons. The highest BCUT2D eigenvalue weighted by molar-refractivity contribution is 7.18. The van der Waals surface area contributed by atoms with E-state index in [2.05, 4.69) is 36.1 Å². The molecule has 3 rings (SSSR count). The lowest BCUT2D eigenvalue weighted by atomic mass is 10.2. The topological polar surface area (TPSA) is 76.3 Å². The fourth-order valence-electron chi connectivity index (χ4n) is 2.65. The van der Waals surface area contributed by atoms with Crippen LogP contribution in [-0.2, 0) is 11.3 Å². The zero-order valence-corrected chi connectivity index (χ0v) is 13.5. The van der Waals surface area contributed by atoms with Crippen molar-refractivity contribution in [2.24, 2.45) is 5.84 Å². The summed E-state index contributed by atoms with van der Waals surface area (Å²) in [6.45, 7) is 9.53. The molecule has 0 saturated carbocycles. The molecule has 0 spiro atoms. The first kappa shape index (κ1) is 14.6. The first-order valence-corrected chi connectivity index (χ1v) is 7.97. The van der Waals surface area contributed by atoms with E-state index in [4.69, 9.17) is 15.6 Å². The Labute approximate surface area is 128 Å². The summed E-state index contributed by atoms with van der Waals surface area (Å²) >= 11 is 1.70. The van der Waals surface area contributed by atoms with Gasteiger partial charge in [-0.05, 0) is 26.3 Å². The van der Waals surface area contributed by atoms with Crippen molar-refractivity contribution >= 4 is 27.4 Å². The summed E-state index contributed by atoms with van der Waals surface area (Å²) in [6, 6.07) is 0.388. The van der Waals surface area contributed by atoms with Crippen molar-refractivity contribution in [2.75, 3.05) is 25.2 Å². The van der Waals surface area contributed by atoms with Gasteiger partial charge in [0, 0.05) is 17.5 Å². The lowest BCUT2D eigenvalue weighted by Crippen LogP contribution is -2.43. The van der Waals surface area contributed by atoms with E-state index in [0.717, 1.165) is 48.2 Å². The van der Waals surface area contributed by atoms with Crippen molar-refractivity contribution in [2.45, 2.75) is 33.4 Å². The fraction of sp³-hybridized carbons (Fsp3) is 0.571. The van der Waals surface area contributed by atoms with Crippen LogP contribution in [0, 0.1) is 13.8 Å². The van der Waals surface area contributed by atoms with Crippen molar-refractivity contribution in [1.82, 2.24) is 14.9 Å². The van der Waals surface area contributed by atoms with Gasteiger partial charge in [0.05, 0.1) is 25.1 Å². The molecule has 0 aromatic carbocycles. The number of fused-ring (bicyclic) bond motifs is 1. The maximum absolute atomic E-state index is 5.65. The van der Waals surface area contributed by atoms with Crippen molar-refractivity contribution in [1.29, 1.82) is 0 Å². The molecular formula is C14H21N5OS. The molecule has 114 valence electrons. The normalized spacial score (nSPS) is 20.1. The van der Waals surface area contributed by atoms with Gasteiger partial charge in [-0.15, -0.1) is 11.3 Å². The van der Waals surface area contributed by atoms with Crippen LogP contribution in [0.25, 0.3) is 10.2 Å². The third kappa shape index (κ3) is 2.74. The molecule has 1 aliphatic heterocycles. The van der Waals surface area contributed by atoms with Gasteiger partial charge in [0.1, 0.15) is 10.7 Å². The summed E-state index contributed by atoms with van der Waals surface area (Å²) in [5, 5.41) is 1.04. The van der Waals surface area contributed by atoms with Crippen molar-refractivity contribution in [3.05, 3.63) is 16.3 Å². The number of hydrazine groups is 1. The number of aromatic nitrogens is 2. The predicted molar refractivity (Wildman–Crippen MR) is 85.4 cm³/mol. The number of hydrogen-bond acceptors (Lipinski definition) is 7. The molecule has 0 aliphatic carbocycles. The Morgan fingerprint density at radius 1 is 1.43 bits per heavy atom. The van der Waals surface area contributed by atoms with Crippen LogP contribution in [-0.4, -0.2) is 40.7 Å². The molecule has 1 saturated heterocycles. The molecule has 3 heterocycles. The Bertz CT molecular complexity index is 656. The number of rotatable bonds is 3. The maximum atomic E-state index is 5.65. The Morgan fingerprint density at radius 3 is 2.95 bits per heavy atom. The molecule has 1 atom stereocenters. The Morgan fingerprint density at radius 2 is 2.24 bits per heavy atom. The molecule has 2 aromatic rings. The van der Waals surface area contributed by atoms with Crippen LogP contribution in [0.1, 0.15) is 23.2 Å². The monoisotopic (exact) mass is 307 g/mol. The average molecular weight is 307 g/mol. The summed E-state index contributed by atoms with van der Waals surface area (Å²) in [7, 11) is 0. The molecule has 0 amide bonds. The molecule has 6 nitrogen and oxygen atoms in total. The lowest BCUT2D eigenvalue weighted by Gasteiger charge is -2.32. The number of nitrogens with zero attached hydrogens (tertiary/aromatic N) is 3. The van der Waals surface area contributed by atoms with Gasteiger partial charge in [-0.1, -0.05) is 0 Å². The second-order valence-corrected chi connectivity index (χ2v) is 6.69. The summed E-state index contributed by atoms with van der Waals surface area (Å²) in [6.07, 6.45) is 0. The Kier molecular flexibility index (Phi) is 4.08. The Hall–Kier alpha value is -1.28. The van der Waals surface area contributed by atoms with Gasteiger partial charge in [0.2, 0.25) is 0 Å². The second-order valence-electron chi connectivity index (χ2n) is 5.49. The first-order chi connectivity index (χ1) is 10.1. The maximum Gasteiger partial charge on any atom is 0.152 e. The Balaban J connectivity index is 1.96. The minimum absolute atomic E-state index is 0.388. The molecule has 1 aliphatic rings. The smallest absolute Gasteiger partial charge is 0.152 e. The highest BCUT2D eigenvalue weighted by Gasteiger charge is 2.21. The molecule has 1 fully saturated rings. The largest absolute Gasteiger partial charge is 0.379 e. The quantitative estimate of drug-likeness (QED) is 0.665. The number of nitrogens with two attached hydrogens (primary N) is 1. The average Bonchev–Trinajstić information content (AvgIpc) is 2.76. The predicted octanol–water partition coefficient (Wildman–Crippen LogP) is 1.81. The lowest BCUT2D eigenvalue weighted by molar-refractivity contribution is -0.00543. The van der Waals surface area contributed by atoms with Gasteiger partial charge in [0.15, 0.2) is 5.82 Å². The summed E-state index contributed by atoms with van der Waals surface area (Å²) in [5.74, 6) is 7.18. The highest BCUT2D eigenvalue weighted by atomic mass is 32.1. The van der Waals surface area contributed by atoms with Crippen LogP contribution in [0.4, 0.5) is 5.82 Å². The zero-order chi connectivity index (χ0) is 15.0. The van der Waals surface area contributed by atoms with Gasteiger partial charge < -0.3 is 10.2 Å². The third-order valence-electron chi connectivity index (χ3n) is 4.06. The van der Waals surface area contributed by atoms with Gasteiger partial charge in [-0.3, -0.25) is 4.90 Å².